The second-order valence-corrected chi connectivity index (χ2v) is 10.2. The van der Waals surface area contributed by atoms with Crippen molar-refractivity contribution in [1.29, 1.82) is 0 Å². The highest BCUT2D eigenvalue weighted by Gasteiger charge is 2.33. The highest BCUT2D eigenvalue weighted by Crippen LogP contribution is 2.34. The van der Waals surface area contributed by atoms with Gasteiger partial charge in [0.25, 0.3) is 11.5 Å². The first-order valence-electron chi connectivity index (χ1n) is 11.9. The van der Waals surface area contributed by atoms with Gasteiger partial charge in [0.05, 0.1) is 23.6 Å². The fraction of sp³-hybridized carbons (Fsp3) is 0.269. The molecule has 0 radical (unpaired) electrons. The van der Waals surface area contributed by atoms with Crippen LogP contribution in [-0.2, 0) is 16.1 Å². The summed E-state index contributed by atoms with van der Waals surface area (Å²) in [6.45, 7) is 4.28. The van der Waals surface area contributed by atoms with Gasteiger partial charge in [-0.1, -0.05) is 60.4 Å². The third-order valence-corrected chi connectivity index (χ3v) is 7.56. The average Bonchev–Trinajstić information content (AvgIpc) is 3.18. The Bertz CT molecular complexity index is 1450. The van der Waals surface area contributed by atoms with E-state index in [9.17, 15) is 14.4 Å². The molecule has 0 spiro atoms. The van der Waals surface area contributed by atoms with Gasteiger partial charge in [0, 0.05) is 32.4 Å². The van der Waals surface area contributed by atoms with Gasteiger partial charge in [-0.25, -0.2) is 9.78 Å². The van der Waals surface area contributed by atoms with Crippen LogP contribution in [0.1, 0.15) is 18.1 Å². The van der Waals surface area contributed by atoms with Gasteiger partial charge < -0.3 is 14.5 Å². The maximum Gasteiger partial charge on any atom is 0.409 e. The number of carbonyl (C=O) groups is 2. The smallest absolute Gasteiger partial charge is 0.409 e. The molecule has 2 fully saturated rings. The Morgan fingerprint density at radius 1 is 1.08 bits per heavy atom. The molecule has 0 atom stereocenters. The summed E-state index contributed by atoms with van der Waals surface area (Å²) in [6.07, 6.45) is 2.91. The van der Waals surface area contributed by atoms with Gasteiger partial charge in [0.2, 0.25) is 0 Å². The summed E-state index contributed by atoms with van der Waals surface area (Å²) in [5.41, 5.74) is 1.51. The lowest BCUT2D eigenvalue weighted by atomic mass is 10.2. The molecule has 3 aromatic rings. The molecule has 5 rings (SSSR count). The average molecular weight is 536 g/mol. The van der Waals surface area contributed by atoms with Crippen molar-refractivity contribution in [2.45, 2.75) is 13.5 Å². The first-order chi connectivity index (χ1) is 18.0. The van der Waals surface area contributed by atoms with Crippen molar-refractivity contribution in [2.75, 3.05) is 37.7 Å². The molecule has 0 N–H and O–H groups in total. The molecule has 2 amide bonds. The molecular weight excluding hydrogens is 510 g/mol. The molecular formula is C26H25N5O4S2. The Kier molecular flexibility index (Phi) is 7.24. The summed E-state index contributed by atoms with van der Waals surface area (Å²) in [5.74, 6) is 0.238. The summed E-state index contributed by atoms with van der Waals surface area (Å²) in [5, 5.41) is 0. The van der Waals surface area contributed by atoms with Crippen molar-refractivity contribution < 1.29 is 14.3 Å². The number of ether oxygens (including phenoxy) is 1. The zero-order valence-corrected chi connectivity index (χ0v) is 21.8. The van der Waals surface area contributed by atoms with Crippen molar-refractivity contribution in [3.05, 3.63) is 81.1 Å². The lowest BCUT2D eigenvalue weighted by Gasteiger charge is -2.35. The number of hydrogen-bond acceptors (Lipinski definition) is 8. The normalized spacial score (nSPS) is 17.2. The summed E-state index contributed by atoms with van der Waals surface area (Å²) < 4.78 is 7.03. The molecule has 2 aliphatic rings. The summed E-state index contributed by atoms with van der Waals surface area (Å²) in [4.78, 5) is 49.4. The zero-order valence-electron chi connectivity index (χ0n) is 20.2. The summed E-state index contributed by atoms with van der Waals surface area (Å²) >= 11 is 6.69. The molecule has 11 heteroatoms. The van der Waals surface area contributed by atoms with Crippen LogP contribution < -0.4 is 10.5 Å². The SMILES string of the molecule is CCOC(=O)N1CCN(c2nc3ccccn3c(=O)c2C=C2SC(=S)N(Cc3ccccc3)C2=O)CC1. The van der Waals surface area contributed by atoms with E-state index in [4.69, 9.17) is 21.9 Å². The van der Waals surface area contributed by atoms with Crippen LogP contribution in [0.25, 0.3) is 11.7 Å². The summed E-state index contributed by atoms with van der Waals surface area (Å²) in [7, 11) is 0. The number of piperazine rings is 1. The van der Waals surface area contributed by atoms with Crippen LogP contribution in [0, 0.1) is 0 Å². The van der Waals surface area contributed by atoms with Crippen molar-refractivity contribution in [3.8, 4) is 0 Å². The van der Waals surface area contributed by atoms with Crippen molar-refractivity contribution in [1.82, 2.24) is 19.2 Å². The second kappa shape index (κ2) is 10.7. The number of carbonyl (C=O) groups excluding carboxylic acids is 2. The molecule has 0 saturated carbocycles. The second-order valence-electron chi connectivity index (χ2n) is 8.51. The number of thiocarbonyl (C=S) groups is 1. The standard InChI is InChI=1S/C26H25N5O4S2/c1-2-35-25(34)29-14-12-28(13-15-29)22-19(23(32)30-11-7-6-10-21(30)27-22)16-20-24(33)31(26(36)37-20)17-18-8-4-3-5-9-18/h3-11,16H,2,12-15,17H2,1H3. The molecule has 4 heterocycles. The largest absolute Gasteiger partial charge is 0.450 e. The van der Waals surface area contributed by atoms with Crippen LogP contribution in [0.4, 0.5) is 10.6 Å². The zero-order chi connectivity index (χ0) is 25.9. The minimum absolute atomic E-state index is 0.241. The molecule has 0 bridgehead atoms. The van der Waals surface area contributed by atoms with Crippen LogP contribution in [0.2, 0.25) is 0 Å². The molecule has 0 unspecified atom stereocenters. The van der Waals surface area contributed by atoms with Crippen LogP contribution in [0.3, 0.4) is 0 Å². The van der Waals surface area contributed by atoms with Gasteiger partial charge in [-0.2, -0.15) is 0 Å². The minimum atomic E-state index is -0.351. The molecule has 1 aromatic carbocycles. The van der Waals surface area contributed by atoms with E-state index in [2.05, 4.69) is 0 Å². The monoisotopic (exact) mass is 535 g/mol. The summed E-state index contributed by atoms with van der Waals surface area (Å²) in [6, 6.07) is 15.0. The third-order valence-electron chi connectivity index (χ3n) is 6.19. The molecule has 37 heavy (non-hydrogen) atoms. The minimum Gasteiger partial charge on any atom is -0.450 e. The van der Waals surface area contributed by atoms with E-state index in [1.54, 1.807) is 41.1 Å². The van der Waals surface area contributed by atoms with Gasteiger partial charge in [-0.15, -0.1) is 0 Å². The predicted molar refractivity (Wildman–Crippen MR) is 147 cm³/mol. The number of thioether (sulfide) groups is 1. The highest BCUT2D eigenvalue weighted by atomic mass is 32.2. The highest BCUT2D eigenvalue weighted by molar-refractivity contribution is 8.26. The Labute approximate surface area is 223 Å². The Morgan fingerprint density at radius 3 is 2.54 bits per heavy atom. The molecule has 2 aromatic heterocycles. The number of pyridine rings is 1. The topological polar surface area (TPSA) is 87.5 Å². The number of anilines is 1. The van der Waals surface area contributed by atoms with E-state index in [1.807, 2.05) is 41.3 Å². The first kappa shape index (κ1) is 25.0. The number of hydrogen-bond donors (Lipinski definition) is 0. The van der Waals surface area contributed by atoms with Crippen LogP contribution >= 0.6 is 24.0 Å². The van der Waals surface area contributed by atoms with Gasteiger partial charge in [-0.3, -0.25) is 18.9 Å². The van der Waals surface area contributed by atoms with Gasteiger partial charge in [-0.05, 0) is 30.7 Å². The molecule has 0 aliphatic carbocycles. The molecule has 2 saturated heterocycles. The lowest BCUT2D eigenvalue weighted by Crippen LogP contribution is -2.49. The quantitative estimate of drug-likeness (QED) is 0.363. The number of amides is 2. The fourth-order valence-electron chi connectivity index (χ4n) is 4.31. The van der Waals surface area contributed by atoms with Gasteiger partial charge >= 0.3 is 6.09 Å². The fourth-order valence-corrected chi connectivity index (χ4v) is 5.54. The third kappa shape index (κ3) is 5.09. The lowest BCUT2D eigenvalue weighted by molar-refractivity contribution is -0.122. The number of rotatable bonds is 5. The van der Waals surface area contributed by atoms with Crippen molar-refractivity contribution in [2.24, 2.45) is 0 Å². The number of fused-ring (bicyclic) bond motifs is 1. The maximum absolute atomic E-state index is 13.6. The van der Waals surface area contributed by atoms with Crippen LogP contribution in [-0.4, -0.2) is 68.3 Å². The molecule has 2 aliphatic heterocycles. The predicted octanol–water partition coefficient (Wildman–Crippen LogP) is 3.37. The number of benzene rings is 1. The van der Waals surface area contributed by atoms with Gasteiger partial charge in [0.1, 0.15) is 15.8 Å². The Hall–Kier alpha value is -3.70. The number of aromatic nitrogens is 2. The van der Waals surface area contributed by atoms with Gasteiger partial charge in [0.15, 0.2) is 0 Å². The van der Waals surface area contributed by atoms with Crippen LogP contribution in [0.5, 0.6) is 0 Å². The number of nitrogens with zero attached hydrogens (tertiary/aromatic N) is 5. The van der Waals surface area contributed by atoms with E-state index < -0.39 is 0 Å². The molecule has 9 nitrogen and oxygen atoms in total. The maximum atomic E-state index is 13.6. The van der Waals surface area contributed by atoms with E-state index in [0.717, 1.165) is 5.56 Å². The van der Waals surface area contributed by atoms with E-state index in [-0.39, 0.29) is 17.6 Å². The van der Waals surface area contributed by atoms with E-state index in [0.29, 0.717) is 65.6 Å². The molecule has 190 valence electrons. The first-order valence-corrected chi connectivity index (χ1v) is 13.2. The van der Waals surface area contributed by atoms with Crippen molar-refractivity contribution >= 4 is 57.8 Å². The Balaban J connectivity index is 1.49. The van der Waals surface area contributed by atoms with E-state index >= 15 is 0 Å². The Morgan fingerprint density at radius 2 is 1.81 bits per heavy atom. The van der Waals surface area contributed by atoms with E-state index in [1.165, 1.54) is 16.2 Å². The van der Waals surface area contributed by atoms with Crippen LogP contribution in [0.15, 0.2) is 64.4 Å². The van der Waals surface area contributed by atoms with Crippen molar-refractivity contribution in [3.63, 3.8) is 0 Å².